The standard InChI is InChI=1S/C28H22ClN5O6S/c1-17-26(28(36)34(33(17)2)21-6-4-3-5-7-21)32-41(37,38)25-14-20(9-10-22(25)29)31-27(35)19(15-30)12-18-8-11-23-24(13-18)40-16-39-23/h3-14,32H,16H2,1-2H3,(H,31,35)/b19-12-. The van der Waals surface area contributed by atoms with Crippen molar-refractivity contribution >= 4 is 45.0 Å². The molecule has 3 aromatic carbocycles. The van der Waals surface area contributed by atoms with Gasteiger partial charge in [-0.3, -0.25) is 19.0 Å². The summed E-state index contributed by atoms with van der Waals surface area (Å²) in [5.74, 6) is 0.271. The van der Waals surface area contributed by atoms with E-state index >= 15 is 0 Å². The predicted octanol–water partition coefficient (Wildman–Crippen LogP) is 4.21. The molecule has 2 heterocycles. The number of fused-ring (bicyclic) bond motifs is 1. The highest BCUT2D eigenvalue weighted by Crippen LogP contribution is 2.33. The average Bonchev–Trinajstić information content (AvgIpc) is 3.51. The van der Waals surface area contributed by atoms with Crippen LogP contribution < -0.4 is 25.1 Å². The van der Waals surface area contributed by atoms with Crippen LogP contribution in [0.4, 0.5) is 11.4 Å². The molecule has 2 N–H and O–H groups in total. The highest BCUT2D eigenvalue weighted by atomic mass is 35.5. The molecule has 0 spiro atoms. The maximum Gasteiger partial charge on any atom is 0.296 e. The number of carbonyl (C=O) groups is 1. The summed E-state index contributed by atoms with van der Waals surface area (Å²) in [6.07, 6.45) is 1.36. The molecule has 1 aliphatic heterocycles. The molecule has 0 unspecified atom stereocenters. The Morgan fingerprint density at radius 2 is 1.80 bits per heavy atom. The molecule has 1 aromatic heterocycles. The Hall–Kier alpha value is -4.99. The maximum atomic E-state index is 13.4. The number of nitriles is 1. The van der Waals surface area contributed by atoms with Crippen LogP contribution >= 0.6 is 11.6 Å². The lowest BCUT2D eigenvalue weighted by Gasteiger charge is -2.11. The second kappa shape index (κ2) is 10.9. The van der Waals surface area contributed by atoms with E-state index in [1.54, 1.807) is 62.5 Å². The van der Waals surface area contributed by atoms with E-state index in [2.05, 4.69) is 10.0 Å². The molecular weight excluding hydrogens is 570 g/mol. The van der Waals surface area contributed by atoms with Gasteiger partial charge >= 0.3 is 0 Å². The SMILES string of the molecule is Cc1c(NS(=O)(=O)c2cc(NC(=O)/C(C#N)=C\c3ccc4c(c3)OCO4)ccc2Cl)c(=O)n(-c2ccccc2)n1C. The van der Waals surface area contributed by atoms with Crippen LogP contribution in [0.25, 0.3) is 11.8 Å². The van der Waals surface area contributed by atoms with E-state index in [-0.39, 0.29) is 33.7 Å². The van der Waals surface area contributed by atoms with Gasteiger partial charge in [-0.2, -0.15) is 5.26 Å². The Morgan fingerprint density at radius 1 is 1.07 bits per heavy atom. The minimum absolute atomic E-state index is 0.0677. The molecule has 0 fully saturated rings. The van der Waals surface area contributed by atoms with Crippen molar-refractivity contribution in [2.24, 2.45) is 7.05 Å². The van der Waals surface area contributed by atoms with E-state index < -0.39 is 21.5 Å². The normalized spacial score (nSPS) is 12.6. The number of hydrogen-bond acceptors (Lipinski definition) is 7. The number of sulfonamides is 1. The molecule has 5 rings (SSSR count). The molecule has 0 atom stereocenters. The first kappa shape index (κ1) is 27.6. The fourth-order valence-electron chi connectivity index (χ4n) is 4.18. The van der Waals surface area contributed by atoms with Crippen molar-refractivity contribution in [3.63, 3.8) is 0 Å². The molecule has 0 radical (unpaired) electrons. The van der Waals surface area contributed by atoms with Gasteiger partial charge in [0.1, 0.15) is 22.2 Å². The van der Waals surface area contributed by atoms with Crippen LogP contribution in [0.3, 0.4) is 0 Å². The summed E-state index contributed by atoms with van der Waals surface area (Å²) in [5.41, 5.74) is 0.561. The zero-order valence-corrected chi connectivity index (χ0v) is 23.3. The zero-order valence-electron chi connectivity index (χ0n) is 21.7. The Morgan fingerprint density at radius 3 is 2.54 bits per heavy atom. The van der Waals surface area contributed by atoms with Crippen molar-refractivity contribution in [3.05, 3.63) is 98.9 Å². The minimum Gasteiger partial charge on any atom is -0.454 e. The first-order chi connectivity index (χ1) is 19.6. The monoisotopic (exact) mass is 591 g/mol. The Labute approximate surface area is 239 Å². The Balaban J connectivity index is 1.41. The molecule has 1 aliphatic rings. The number of nitrogens with zero attached hydrogens (tertiary/aromatic N) is 3. The molecule has 0 saturated carbocycles. The van der Waals surface area contributed by atoms with Gasteiger partial charge in [-0.1, -0.05) is 35.9 Å². The molecule has 1 amide bonds. The van der Waals surface area contributed by atoms with Gasteiger partial charge in [-0.25, -0.2) is 13.1 Å². The number of anilines is 2. The fraction of sp³-hybridized carbons (Fsp3) is 0.107. The van der Waals surface area contributed by atoms with Crippen molar-refractivity contribution in [1.29, 1.82) is 5.26 Å². The first-order valence-corrected chi connectivity index (χ1v) is 13.9. The number of hydrogen-bond donors (Lipinski definition) is 2. The molecule has 13 heteroatoms. The summed E-state index contributed by atoms with van der Waals surface area (Å²) in [6.45, 7) is 1.69. The molecular formula is C28H22ClN5O6S. The van der Waals surface area contributed by atoms with Crippen LogP contribution in [0.15, 0.2) is 82.0 Å². The smallest absolute Gasteiger partial charge is 0.296 e. The summed E-state index contributed by atoms with van der Waals surface area (Å²) < 4.78 is 42.6. The van der Waals surface area contributed by atoms with Crippen molar-refractivity contribution in [3.8, 4) is 23.3 Å². The van der Waals surface area contributed by atoms with Gasteiger partial charge in [-0.05, 0) is 61.0 Å². The number of carbonyl (C=O) groups excluding carboxylic acids is 1. The van der Waals surface area contributed by atoms with E-state index in [1.807, 2.05) is 6.07 Å². The number of amides is 1. The second-order valence-electron chi connectivity index (χ2n) is 8.92. The topological polar surface area (TPSA) is 144 Å². The zero-order chi connectivity index (χ0) is 29.3. The van der Waals surface area contributed by atoms with Crippen molar-refractivity contribution in [2.45, 2.75) is 11.8 Å². The predicted molar refractivity (Wildman–Crippen MR) is 153 cm³/mol. The van der Waals surface area contributed by atoms with Gasteiger partial charge in [0.15, 0.2) is 11.5 Å². The van der Waals surface area contributed by atoms with Crippen LogP contribution in [-0.2, 0) is 21.9 Å². The summed E-state index contributed by atoms with van der Waals surface area (Å²) in [5, 5.41) is 12.0. The van der Waals surface area contributed by atoms with Gasteiger partial charge in [0.25, 0.3) is 21.5 Å². The Kier molecular flexibility index (Phi) is 7.32. The maximum absolute atomic E-state index is 13.4. The third kappa shape index (κ3) is 5.41. The fourth-order valence-corrected chi connectivity index (χ4v) is 5.82. The van der Waals surface area contributed by atoms with E-state index in [0.717, 1.165) is 6.07 Å². The van der Waals surface area contributed by atoms with Crippen LogP contribution in [0.2, 0.25) is 5.02 Å². The van der Waals surface area contributed by atoms with E-state index in [4.69, 9.17) is 21.1 Å². The summed E-state index contributed by atoms with van der Waals surface area (Å²) in [7, 11) is -2.74. The van der Waals surface area contributed by atoms with E-state index in [1.165, 1.54) is 27.6 Å². The van der Waals surface area contributed by atoms with Gasteiger partial charge in [0.05, 0.1) is 16.4 Å². The minimum atomic E-state index is -4.38. The van der Waals surface area contributed by atoms with Gasteiger partial charge < -0.3 is 14.8 Å². The van der Waals surface area contributed by atoms with Crippen molar-refractivity contribution < 1.29 is 22.7 Å². The van der Waals surface area contributed by atoms with Gasteiger partial charge in [0, 0.05) is 12.7 Å². The van der Waals surface area contributed by atoms with E-state index in [9.17, 15) is 23.3 Å². The quantitative estimate of drug-likeness (QED) is 0.242. The first-order valence-electron chi connectivity index (χ1n) is 12.1. The molecule has 41 heavy (non-hydrogen) atoms. The largest absolute Gasteiger partial charge is 0.454 e. The number of rotatable bonds is 7. The van der Waals surface area contributed by atoms with Crippen LogP contribution in [0.5, 0.6) is 11.5 Å². The lowest BCUT2D eigenvalue weighted by molar-refractivity contribution is -0.112. The van der Waals surface area contributed by atoms with Crippen molar-refractivity contribution in [1.82, 2.24) is 9.36 Å². The second-order valence-corrected chi connectivity index (χ2v) is 11.0. The van der Waals surface area contributed by atoms with E-state index in [0.29, 0.717) is 28.4 Å². The van der Waals surface area contributed by atoms with Crippen LogP contribution in [0.1, 0.15) is 11.3 Å². The van der Waals surface area contributed by atoms with Crippen LogP contribution in [-0.4, -0.2) is 30.5 Å². The number of nitrogens with one attached hydrogen (secondary N) is 2. The molecule has 0 saturated heterocycles. The average molecular weight is 592 g/mol. The summed E-state index contributed by atoms with van der Waals surface area (Å²) >= 11 is 6.23. The molecule has 208 valence electrons. The highest BCUT2D eigenvalue weighted by molar-refractivity contribution is 7.92. The number of aromatic nitrogens is 2. The number of para-hydroxylation sites is 1. The molecule has 0 aliphatic carbocycles. The third-order valence-electron chi connectivity index (χ3n) is 6.34. The van der Waals surface area contributed by atoms with Crippen molar-refractivity contribution in [2.75, 3.05) is 16.8 Å². The number of ether oxygens (including phenoxy) is 2. The summed E-state index contributed by atoms with van der Waals surface area (Å²) in [6, 6.07) is 19.4. The van der Waals surface area contributed by atoms with Gasteiger partial charge in [0.2, 0.25) is 6.79 Å². The highest BCUT2D eigenvalue weighted by Gasteiger charge is 2.25. The third-order valence-corrected chi connectivity index (χ3v) is 8.17. The van der Waals surface area contributed by atoms with Crippen LogP contribution in [0, 0.1) is 18.3 Å². The summed E-state index contributed by atoms with van der Waals surface area (Å²) in [4.78, 5) is 25.7. The molecule has 11 nitrogen and oxygen atoms in total. The number of benzene rings is 3. The Bertz CT molecular complexity index is 1920. The lowest BCUT2D eigenvalue weighted by atomic mass is 10.1. The molecule has 0 bridgehead atoms. The number of halogens is 1. The van der Waals surface area contributed by atoms with Gasteiger partial charge in [-0.15, -0.1) is 0 Å². The molecule has 4 aromatic rings. The lowest BCUT2D eigenvalue weighted by Crippen LogP contribution is -2.23.